The molecule has 0 aliphatic rings. The topological polar surface area (TPSA) is 70.0 Å². The van der Waals surface area contributed by atoms with Gasteiger partial charge in [-0.2, -0.15) is 5.10 Å². The van der Waals surface area contributed by atoms with Crippen LogP contribution in [-0.2, 0) is 0 Å². The predicted octanol–water partition coefficient (Wildman–Crippen LogP) is 2.29. The van der Waals surface area contributed by atoms with Crippen LogP contribution in [0.4, 0.5) is 11.4 Å². The van der Waals surface area contributed by atoms with Crippen LogP contribution in [-0.4, -0.2) is 41.3 Å². The molecule has 1 heterocycles. The fourth-order valence-electron chi connectivity index (χ4n) is 2.06. The van der Waals surface area contributed by atoms with E-state index in [1.807, 2.05) is 12.1 Å². The Kier molecular flexibility index (Phi) is 4.27. The molecule has 0 fully saturated rings. The van der Waals surface area contributed by atoms with Gasteiger partial charge in [-0.05, 0) is 32.5 Å². The Bertz CT molecular complexity index is 534. The smallest absolute Gasteiger partial charge is 0.0672 e. The first-order valence-corrected chi connectivity index (χ1v) is 6.78. The molecular weight excluding hydrogens is 238 g/mol. The maximum Gasteiger partial charge on any atom is 0.0672 e. The lowest BCUT2D eigenvalue weighted by atomic mass is 10.2. The normalized spacial score (nSPS) is 13.1. The van der Waals surface area contributed by atoms with E-state index in [4.69, 9.17) is 5.73 Å². The third kappa shape index (κ3) is 3.17. The van der Waals surface area contributed by atoms with Crippen LogP contribution in [0.15, 0.2) is 18.3 Å². The van der Waals surface area contributed by atoms with Crippen LogP contribution in [0.2, 0.25) is 0 Å². The Morgan fingerprint density at radius 1 is 1.47 bits per heavy atom. The lowest BCUT2D eigenvalue weighted by Crippen LogP contribution is -2.32. The van der Waals surface area contributed by atoms with Crippen molar-refractivity contribution in [3.63, 3.8) is 0 Å². The Balaban J connectivity index is 1.96. The first kappa shape index (κ1) is 13.7. The number of anilines is 2. The summed E-state index contributed by atoms with van der Waals surface area (Å²) in [4.78, 5) is 2.35. The summed E-state index contributed by atoms with van der Waals surface area (Å²) in [5.41, 5.74) is 8.77. The molecule has 0 spiro atoms. The zero-order valence-corrected chi connectivity index (χ0v) is 11.9. The van der Waals surface area contributed by atoms with E-state index in [9.17, 15) is 0 Å². The summed E-state index contributed by atoms with van der Waals surface area (Å²) in [5.74, 6) is 0. The predicted molar refractivity (Wildman–Crippen MR) is 81.4 cm³/mol. The van der Waals surface area contributed by atoms with E-state index in [-0.39, 0.29) is 0 Å². The number of fused-ring (bicyclic) bond motifs is 1. The molecule has 0 saturated carbocycles. The Hall–Kier alpha value is -1.75. The molecule has 0 saturated heterocycles. The van der Waals surface area contributed by atoms with E-state index >= 15 is 0 Å². The van der Waals surface area contributed by atoms with Gasteiger partial charge < -0.3 is 16.0 Å². The quantitative estimate of drug-likeness (QED) is 0.698. The number of rotatable bonds is 6. The van der Waals surface area contributed by atoms with Gasteiger partial charge in [0.15, 0.2) is 0 Å². The van der Waals surface area contributed by atoms with Gasteiger partial charge in [0.25, 0.3) is 0 Å². The molecule has 2 aromatic rings. The largest absolute Gasteiger partial charge is 0.397 e. The minimum atomic E-state index is 0.606. The Morgan fingerprint density at radius 2 is 2.26 bits per heavy atom. The number of benzene rings is 1. The van der Waals surface area contributed by atoms with E-state index in [2.05, 4.69) is 41.3 Å². The number of nitrogen functional groups attached to an aromatic ring is 1. The molecule has 0 radical (unpaired) electrons. The number of hydrogen-bond acceptors (Lipinski definition) is 4. The minimum Gasteiger partial charge on any atom is -0.397 e. The summed E-state index contributed by atoms with van der Waals surface area (Å²) in [6, 6.07) is 4.56. The van der Waals surface area contributed by atoms with Crippen LogP contribution in [0.5, 0.6) is 0 Å². The van der Waals surface area contributed by atoms with Crippen molar-refractivity contribution in [2.24, 2.45) is 0 Å². The fourth-order valence-corrected chi connectivity index (χ4v) is 2.06. The molecule has 1 unspecified atom stereocenters. The van der Waals surface area contributed by atoms with Gasteiger partial charge in [-0.25, -0.2) is 0 Å². The van der Waals surface area contributed by atoms with Gasteiger partial charge in [0.1, 0.15) is 0 Å². The van der Waals surface area contributed by atoms with Crippen molar-refractivity contribution in [1.82, 2.24) is 15.1 Å². The second-order valence-electron chi connectivity index (χ2n) is 5.06. The number of likely N-dealkylation sites (N-methyl/N-ethyl adjacent to an activating group) is 1. The summed E-state index contributed by atoms with van der Waals surface area (Å²) in [6.07, 6.45) is 2.95. The van der Waals surface area contributed by atoms with Crippen molar-refractivity contribution in [1.29, 1.82) is 0 Å². The van der Waals surface area contributed by atoms with E-state index in [1.54, 1.807) is 6.20 Å². The lowest BCUT2D eigenvalue weighted by Gasteiger charge is -2.23. The molecular formula is C14H23N5. The second kappa shape index (κ2) is 5.93. The van der Waals surface area contributed by atoms with Crippen molar-refractivity contribution in [3.8, 4) is 0 Å². The third-order valence-electron chi connectivity index (χ3n) is 3.73. The van der Waals surface area contributed by atoms with Crippen LogP contribution in [0.3, 0.4) is 0 Å². The van der Waals surface area contributed by atoms with Crippen LogP contribution in [0.1, 0.15) is 20.3 Å². The number of aromatic nitrogens is 2. The van der Waals surface area contributed by atoms with Gasteiger partial charge in [0.05, 0.1) is 23.1 Å². The first-order valence-electron chi connectivity index (χ1n) is 6.78. The van der Waals surface area contributed by atoms with Gasteiger partial charge in [0, 0.05) is 24.5 Å². The monoisotopic (exact) mass is 261 g/mol. The van der Waals surface area contributed by atoms with E-state index < -0.39 is 0 Å². The second-order valence-corrected chi connectivity index (χ2v) is 5.06. The van der Waals surface area contributed by atoms with Gasteiger partial charge in [-0.3, -0.25) is 5.10 Å². The maximum absolute atomic E-state index is 6.03. The van der Waals surface area contributed by atoms with E-state index in [1.165, 1.54) is 6.42 Å². The molecule has 0 aliphatic carbocycles. The summed E-state index contributed by atoms with van der Waals surface area (Å²) in [6.45, 7) is 6.32. The number of H-pyrrole nitrogens is 1. The zero-order valence-electron chi connectivity index (χ0n) is 11.9. The fraction of sp³-hybridized carbons (Fsp3) is 0.500. The molecule has 0 amide bonds. The highest BCUT2D eigenvalue weighted by molar-refractivity contribution is 5.88. The Labute approximate surface area is 114 Å². The van der Waals surface area contributed by atoms with E-state index in [0.29, 0.717) is 6.04 Å². The molecule has 5 heteroatoms. The molecule has 1 aromatic carbocycles. The number of nitrogens with two attached hydrogens (primary N) is 1. The lowest BCUT2D eigenvalue weighted by molar-refractivity contribution is 0.261. The van der Waals surface area contributed by atoms with Gasteiger partial charge in [-0.15, -0.1) is 0 Å². The minimum absolute atomic E-state index is 0.606. The standard InChI is InChI=1S/C14H23N5/c1-4-10(2)19(3)6-5-16-14-8-13-11(7-12(14)15)9-17-18-13/h7-10,16H,4-6,15H2,1-3H3,(H,17,18). The highest BCUT2D eigenvalue weighted by Gasteiger charge is 2.07. The van der Waals surface area contributed by atoms with Crippen molar-refractivity contribution in [3.05, 3.63) is 18.3 Å². The average Bonchev–Trinajstić information content (AvgIpc) is 2.84. The maximum atomic E-state index is 6.03. The molecule has 4 N–H and O–H groups in total. The number of hydrogen-bond donors (Lipinski definition) is 3. The van der Waals surface area contributed by atoms with Crippen LogP contribution in [0, 0.1) is 0 Å². The first-order chi connectivity index (χ1) is 9.11. The van der Waals surface area contributed by atoms with Crippen molar-refractivity contribution < 1.29 is 0 Å². The third-order valence-corrected chi connectivity index (χ3v) is 3.73. The van der Waals surface area contributed by atoms with Crippen molar-refractivity contribution in [2.45, 2.75) is 26.3 Å². The van der Waals surface area contributed by atoms with Gasteiger partial charge in [0.2, 0.25) is 0 Å². The number of nitrogens with one attached hydrogen (secondary N) is 2. The van der Waals surface area contributed by atoms with Crippen molar-refractivity contribution in [2.75, 3.05) is 31.2 Å². The van der Waals surface area contributed by atoms with Crippen LogP contribution >= 0.6 is 0 Å². The molecule has 0 aliphatic heterocycles. The van der Waals surface area contributed by atoms with Crippen LogP contribution < -0.4 is 11.1 Å². The number of nitrogens with zero attached hydrogens (tertiary/aromatic N) is 2. The highest BCUT2D eigenvalue weighted by Crippen LogP contribution is 2.24. The molecule has 1 atom stereocenters. The summed E-state index contributed by atoms with van der Waals surface area (Å²) >= 11 is 0. The number of aromatic amines is 1. The molecule has 104 valence electrons. The molecule has 2 rings (SSSR count). The van der Waals surface area contributed by atoms with Gasteiger partial charge >= 0.3 is 0 Å². The van der Waals surface area contributed by atoms with Gasteiger partial charge in [-0.1, -0.05) is 6.92 Å². The molecule has 19 heavy (non-hydrogen) atoms. The summed E-state index contributed by atoms with van der Waals surface area (Å²) in [5, 5.41) is 11.4. The molecule has 5 nitrogen and oxygen atoms in total. The molecule has 1 aromatic heterocycles. The van der Waals surface area contributed by atoms with E-state index in [0.717, 1.165) is 35.4 Å². The van der Waals surface area contributed by atoms with Crippen molar-refractivity contribution >= 4 is 22.3 Å². The zero-order chi connectivity index (χ0) is 13.8. The Morgan fingerprint density at radius 3 is 3.00 bits per heavy atom. The summed E-state index contributed by atoms with van der Waals surface area (Å²) in [7, 11) is 2.15. The SMILES string of the molecule is CCC(C)N(C)CCNc1cc2[nH]ncc2cc1N. The summed E-state index contributed by atoms with van der Waals surface area (Å²) < 4.78 is 0. The highest BCUT2D eigenvalue weighted by atomic mass is 15.1. The van der Waals surface area contributed by atoms with Crippen LogP contribution in [0.25, 0.3) is 10.9 Å². The average molecular weight is 261 g/mol. The molecule has 0 bridgehead atoms.